The molecule has 0 atom stereocenters. The number of thioether (sulfide) groups is 1. The molecule has 0 saturated heterocycles. The average molecular weight is 316 g/mol. The van der Waals surface area contributed by atoms with Gasteiger partial charge in [-0.05, 0) is 24.5 Å². The van der Waals surface area contributed by atoms with Crippen LogP contribution in [0.25, 0.3) is 0 Å². The van der Waals surface area contributed by atoms with Crippen molar-refractivity contribution in [3.05, 3.63) is 54.4 Å². The number of benzene rings is 1. The summed E-state index contributed by atoms with van der Waals surface area (Å²) >= 11 is 1.38. The highest BCUT2D eigenvalue weighted by molar-refractivity contribution is 7.99. The third-order valence-corrected chi connectivity index (χ3v) is 4.20. The van der Waals surface area contributed by atoms with Gasteiger partial charge in [-0.15, -0.1) is 16.8 Å². The number of allylic oxidation sites excluding steroid dienone is 1. The molecule has 0 aliphatic rings. The van der Waals surface area contributed by atoms with E-state index in [1.165, 1.54) is 22.9 Å². The molecule has 6 heteroatoms. The van der Waals surface area contributed by atoms with Crippen LogP contribution in [0.5, 0.6) is 0 Å². The molecule has 0 aliphatic carbocycles. The Labute approximate surface area is 134 Å². The van der Waals surface area contributed by atoms with Crippen LogP contribution in [0.3, 0.4) is 0 Å². The summed E-state index contributed by atoms with van der Waals surface area (Å²) in [7, 11) is 0. The number of hydrogen-bond donors (Lipinski definition) is 1. The van der Waals surface area contributed by atoms with Crippen molar-refractivity contribution in [2.45, 2.75) is 25.0 Å². The third-order valence-electron chi connectivity index (χ3n) is 3.22. The summed E-state index contributed by atoms with van der Waals surface area (Å²) in [6.07, 6.45) is 4.26. The van der Waals surface area contributed by atoms with E-state index in [0.29, 0.717) is 18.8 Å². The second kappa shape index (κ2) is 8.38. The fourth-order valence-corrected chi connectivity index (χ4v) is 2.78. The van der Waals surface area contributed by atoms with Gasteiger partial charge in [0.2, 0.25) is 5.91 Å². The smallest absolute Gasteiger partial charge is 0.230 e. The van der Waals surface area contributed by atoms with Crippen molar-refractivity contribution in [2.75, 3.05) is 12.3 Å². The van der Waals surface area contributed by atoms with Crippen molar-refractivity contribution >= 4 is 17.7 Å². The van der Waals surface area contributed by atoms with Gasteiger partial charge < -0.3 is 9.88 Å². The lowest BCUT2D eigenvalue weighted by atomic mass is 10.1. The first kappa shape index (κ1) is 16.3. The normalized spacial score (nSPS) is 10.4. The molecular formula is C16H20N4OS. The van der Waals surface area contributed by atoms with Crippen LogP contribution in [-0.4, -0.2) is 33.0 Å². The number of nitrogens with zero attached hydrogens (tertiary/aromatic N) is 3. The van der Waals surface area contributed by atoms with Gasteiger partial charge >= 0.3 is 0 Å². The minimum Gasteiger partial charge on any atom is -0.355 e. The fourth-order valence-electron chi connectivity index (χ4n) is 2.03. The molecule has 0 fully saturated rings. The summed E-state index contributed by atoms with van der Waals surface area (Å²) < 4.78 is 1.86. The van der Waals surface area contributed by atoms with E-state index in [0.717, 1.165) is 11.6 Å². The molecule has 1 amide bonds. The number of rotatable bonds is 8. The molecule has 2 aromatic rings. The lowest BCUT2D eigenvalue weighted by molar-refractivity contribution is -0.118. The molecule has 1 aromatic carbocycles. The van der Waals surface area contributed by atoms with Crippen molar-refractivity contribution in [2.24, 2.45) is 0 Å². The summed E-state index contributed by atoms with van der Waals surface area (Å²) in [5.41, 5.74) is 2.52. The summed E-state index contributed by atoms with van der Waals surface area (Å²) in [6.45, 7) is 7.05. The SMILES string of the molecule is C=CCn1cnnc1SCC(=O)NCCc1ccccc1C. The monoisotopic (exact) mass is 316 g/mol. The van der Waals surface area contributed by atoms with Gasteiger partial charge in [0.25, 0.3) is 0 Å². The number of nitrogens with one attached hydrogen (secondary N) is 1. The van der Waals surface area contributed by atoms with E-state index in [-0.39, 0.29) is 5.91 Å². The van der Waals surface area contributed by atoms with Gasteiger partial charge in [0.15, 0.2) is 5.16 Å². The van der Waals surface area contributed by atoms with Crippen molar-refractivity contribution in [3.8, 4) is 0 Å². The number of carbonyl (C=O) groups is 1. The topological polar surface area (TPSA) is 59.8 Å². The Hall–Kier alpha value is -2.08. The first-order chi connectivity index (χ1) is 10.7. The van der Waals surface area contributed by atoms with Gasteiger partial charge in [0, 0.05) is 13.1 Å². The maximum Gasteiger partial charge on any atom is 0.230 e. The molecule has 1 aromatic heterocycles. The first-order valence-corrected chi connectivity index (χ1v) is 8.12. The molecule has 116 valence electrons. The molecule has 0 radical (unpaired) electrons. The molecule has 0 spiro atoms. The highest BCUT2D eigenvalue weighted by Gasteiger charge is 2.08. The minimum atomic E-state index is 0.00624. The second-order valence-corrected chi connectivity index (χ2v) is 5.81. The van der Waals surface area contributed by atoms with Crippen LogP contribution in [0.2, 0.25) is 0 Å². The lowest BCUT2D eigenvalue weighted by Gasteiger charge is -2.07. The standard InChI is InChI=1S/C16H20N4OS/c1-3-10-20-12-18-19-16(20)22-11-15(21)17-9-8-14-7-5-4-6-13(14)2/h3-7,12H,1,8-11H2,2H3,(H,17,21). The lowest BCUT2D eigenvalue weighted by Crippen LogP contribution is -2.27. The van der Waals surface area contributed by atoms with Crippen LogP contribution in [0.15, 0.2) is 48.4 Å². The van der Waals surface area contributed by atoms with Gasteiger partial charge in [0.1, 0.15) is 6.33 Å². The Morgan fingerprint density at radius 3 is 3.05 bits per heavy atom. The Kier molecular flexibility index (Phi) is 6.21. The summed E-state index contributed by atoms with van der Waals surface area (Å²) in [5, 5.41) is 11.5. The van der Waals surface area contributed by atoms with Gasteiger partial charge in [-0.25, -0.2) is 0 Å². The molecule has 0 saturated carbocycles. The van der Waals surface area contributed by atoms with E-state index in [2.05, 4.69) is 41.1 Å². The van der Waals surface area contributed by atoms with Crippen LogP contribution in [0.1, 0.15) is 11.1 Å². The number of aryl methyl sites for hydroxylation is 1. The van der Waals surface area contributed by atoms with Gasteiger partial charge in [-0.2, -0.15) is 0 Å². The van der Waals surface area contributed by atoms with E-state index in [9.17, 15) is 4.79 Å². The Bertz CT molecular complexity index is 639. The molecule has 22 heavy (non-hydrogen) atoms. The molecular weight excluding hydrogens is 296 g/mol. The Morgan fingerprint density at radius 1 is 1.45 bits per heavy atom. The van der Waals surface area contributed by atoms with Crippen molar-refractivity contribution < 1.29 is 4.79 Å². The van der Waals surface area contributed by atoms with Crippen molar-refractivity contribution in [1.82, 2.24) is 20.1 Å². The molecule has 0 unspecified atom stereocenters. The molecule has 1 N–H and O–H groups in total. The average Bonchev–Trinajstić information content (AvgIpc) is 2.95. The number of carbonyl (C=O) groups excluding carboxylic acids is 1. The van der Waals surface area contributed by atoms with Crippen molar-refractivity contribution in [1.29, 1.82) is 0 Å². The zero-order chi connectivity index (χ0) is 15.8. The maximum absolute atomic E-state index is 11.9. The van der Waals surface area contributed by atoms with Crippen molar-refractivity contribution in [3.63, 3.8) is 0 Å². The van der Waals surface area contributed by atoms with Crippen LogP contribution >= 0.6 is 11.8 Å². The van der Waals surface area contributed by atoms with E-state index in [1.54, 1.807) is 12.4 Å². The zero-order valence-electron chi connectivity index (χ0n) is 12.7. The second-order valence-electron chi connectivity index (χ2n) is 4.87. The van der Waals surface area contributed by atoms with E-state index < -0.39 is 0 Å². The maximum atomic E-state index is 11.9. The predicted octanol–water partition coefficient (Wildman–Crippen LogP) is 2.22. The quantitative estimate of drug-likeness (QED) is 0.599. The molecule has 0 bridgehead atoms. The Balaban J connectivity index is 1.73. The van der Waals surface area contributed by atoms with Crippen LogP contribution in [0.4, 0.5) is 0 Å². The van der Waals surface area contributed by atoms with Gasteiger partial charge in [0.05, 0.1) is 5.75 Å². The number of amides is 1. The molecule has 0 aliphatic heterocycles. The summed E-state index contributed by atoms with van der Waals surface area (Å²) in [6, 6.07) is 8.22. The first-order valence-electron chi connectivity index (χ1n) is 7.13. The minimum absolute atomic E-state index is 0.00624. The zero-order valence-corrected chi connectivity index (χ0v) is 13.5. The van der Waals surface area contributed by atoms with Crippen LogP contribution < -0.4 is 5.32 Å². The van der Waals surface area contributed by atoms with E-state index >= 15 is 0 Å². The Morgan fingerprint density at radius 2 is 2.27 bits per heavy atom. The van der Waals surface area contributed by atoms with Crippen LogP contribution in [-0.2, 0) is 17.8 Å². The molecule has 1 heterocycles. The van der Waals surface area contributed by atoms with Crippen LogP contribution in [0, 0.1) is 6.92 Å². The number of aromatic nitrogens is 3. The van der Waals surface area contributed by atoms with Gasteiger partial charge in [-0.1, -0.05) is 42.1 Å². The summed E-state index contributed by atoms with van der Waals surface area (Å²) in [4.78, 5) is 11.9. The third kappa shape index (κ3) is 4.73. The molecule has 2 rings (SSSR count). The highest BCUT2D eigenvalue weighted by atomic mass is 32.2. The summed E-state index contributed by atoms with van der Waals surface area (Å²) in [5.74, 6) is 0.343. The number of hydrogen-bond acceptors (Lipinski definition) is 4. The largest absolute Gasteiger partial charge is 0.355 e. The van der Waals surface area contributed by atoms with Gasteiger partial charge in [-0.3, -0.25) is 4.79 Å². The van der Waals surface area contributed by atoms with E-state index in [4.69, 9.17) is 0 Å². The highest BCUT2D eigenvalue weighted by Crippen LogP contribution is 2.14. The molecule has 5 nitrogen and oxygen atoms in total. The van der Waals surface area contributed by atoms with E-state index in [1.807, 2.05) is 16.7 Å². The fraction of sp³-hybridized carbons (Fsp3) is 0.312. The predicted molar refractivity (Wildman–Crippen MR) is 88.8 cm³/mol.